The van der Waals surface area contributed by atoms with Crippen LogP contribution < -0.4 is 10.5 Å². The Morgan fingerprint density at radius 1 is 1.50 bits per heavy atom. The standard InChI is InChI=1S/C14H22N2O4/c1-4-20-13-6-5-10(7-12(13)15)14(18)16(2)8-11(17)9-19-3/h5-7,11,17H,4,8-9,15H2,1-3H3. The van der Waals surface area contributed by atoms with Gasteiger partial charge in [-0.25, -0.2) is 0 Å². The van der Waals surface area contributed by atoms with Crippen LogP contribution in [0.25, 0.3) is 0 Å². The van der Waals surface area contributed by atoms with E-state index in [0.717, 1.165) is 0 Å². The number of nitrogen functional groups attached to an aromatic ring is 1. The number of nitrogens with zero attached hydrogens (tertiary/aromatic N) is 1. The van der Waals surface area contributed by atoms with Gasteiger partial charge in [-0.05, 0) is 25.1 Å². The average molecular weight is 282 g/mol. The summed E-state index contributed by atoms with van der Waals surface area (Å²) < 4.78 is 10.1. The Labute approximate surface area is 119 Å². The first-order valence-electron chi connectivity index (χ1n) is 6.44. The molecule has 0 fully saturated rings. The van der Waals surface area contributed by atoms with Crippen molar-refractivity contribution >= 4 is 11.6 Å². The number of nitrogens with two attached hydrogens (primary N) is 1. The van der Waals surface area contributed by atoms with E-state index in [1.807, 2.05) is 6.92 Å². The maximum atomic E-state index is 12.2. The largest absolute Gasteiger partial charge is 0.492 e. The van der Waals surface area contributed by atoms with Gasteiger partial charge in [0.1, 0.15) is 5.75 Å². The lowest BCUT2D eigenvalue weighted by Crippen LogP contribution is -2.36. The molecule has 0 aliphatic heterocycles. The van der Waals surface area contributed by atoms with Crippen LogP contribution in [-0.4, -0.2) is 55.9 Å². The van der Waals surface area contributed by atoms with Crippen LogP contribution >= 0.6 is 0 Å². The molecule has 0 aromatic heterocycles. The van der Waals surface area contributed by atoms with E-state index < -0.39 is 6.10 Å². The van der Waals surface area contributed by atoms with Gasteiger partial charge in [0, 0.05) is 26.3 Å². The van der Waals surface area contributed by atoms with Gasteiger partial charge in [-0.1, -0.05) is 0 Å². The molecule has 1 aromatic carbocycles. The van der Waals surface area contributed by atoms with E-state index in [9.17, 15) is 9.90 Å². The third-order valence-electron chi connectivity index (χ3n) is 2.75. The second kappa shape index (κ2) is 7.72. The van der Waals surface area contributed by atoms with E-state index in [4.69, 9.17) is 15.2 Å². The summed E-state index contributed by atoms with van der Waals surface area (Å²) in [5.74, 6) is 0.348. The van der Waals surface area contributed by atoms with Crippen LogP contribution in [0.1, 0.15) is 17.3 Å². The molecule has 1 amide bonds. The number of rotatable bonds is 7. The molecule has 1 unspecified atom stereocenters. The fraction of sp³-hybridized carbons (Fsp3) is 0.500. The van der Waals surface area contributed by atoms with Crippen molar-refractivity contribution in [2.45, 2.75) is 13.0 Å². The number of methoxy groups -OCH3 is 1. The van der Waals surface area contributed by atoms with Gasteiger partial charge in [-0.2, -0.15) is 0 Å². The van der Waals surface area contributed by atoms with Gasteiger partial charge < -0.3 is 25.2 Å². The maximum absolute atomic E-state index is 12.2. The zero-order valence-electron chi connectivity index (χ0n) is 12.1. The third kappa shape index (κ3) is 4.40. The zero-order valence-corrected chi connectivity index (χ0v) is 12.1. The highest BCUT2D eigenvalue weighted by atomic mass is 16.5. The van der Waals surface area contributed by atoms with E-state index in [1.54, 1.807) is 25.2 Å². The van der Waals surface area contributed by atoms with E-state index >= 15 is 0 Å². The number of carbonyl (C=O) groups is 1. The summed E-state index contributed by atoms with van der Waals surface area (Å²) in [4.78, 5) is 13.6. The number of hydrogen-bond donors (Lipinski definition) is 2. The quantitative estimate of drug-likeness (QED) is 0.721. The number of hydrogen-bond acceptors (Lipinski definition) is 5. The molecule has 1 rings (SSSR count). The highest BCUT2D eigenvalue weighted by molar-refractivity contribution is 5.95. The normalized spacial score (nSPS) is 12.0. The maximum Gasteiger partial charge on any atom is 0.253 e. The van der Waals surface area contributed by atoms with Gasteiger partial charge in [0.25, 0.3) is 5.91 Å². The van der Waals surface area contributed by atoms with Gasteiger partial charge in [-0.3, -0.25) is 4.79 Å². The van der Waals surface area contributed by atoms with Crippen LogP contribution in [0, 0.1) is 0 Å². The van der Waals surface area contributed by atoms with Crippen molar-refractivity contribution in [1.29, 1.82) is 0 Å². The predicted molar refractivity (Wildman–Crippen MR) is 76.9 cm³/mol. The van der Waals surface area contributed by atoms with E-state index in [-0.39, 0.29) is 19.1 Å². The summed E-state index contributed by atoms with van der Waals surface area (Å²) in [5.41, 5.74) is 6.71. The SMILES string of the molecule is CCOc1ccc(C(=O)N(C)CC(O)COC)cc1N. The van der Waals surface area contributed by atoms with Crippen LogP contribution in [0.2, 0.25) is 0 Å². The van der Waals surface area contributed by atoms with Crippen molar-refractivity contribution in [3.63, 3.8) is 0 Å². The van der Waals surface area contributed by atoms with Crippen molar-refractivity contribution in [2.24, 2.45) is 0 Å². The number of likely N-dealkylation sites (N-methyl/N-ethyl adjacent to an activating group) is 1. The molecule has 0 bridgehead atoms. The van der Waals surface area contributed by atoms with E-state index in [1.165, 1.54) is 12.0 Å². The summed E-state index contributed by atoms with van der Waals surface area (Å²) in [6, 6.07) is 4.90. The van der Waals surface area contributed by atoms with Gasteiger partial charge >= 0.3 is 0 Å². The Bertz CT molecular complexity index is 451. The minimum absolute atomic E-state index is 0.184. The molecule has 6 heteroatoms. The van der Waals surface area contributed by atoms with Gasteiger partial charge in [0.05, 0.1) is 25.0 Å². The van der Waals surface area contributed by atoms with Crippen molar-refractivity contribution in [3.8, 4) is 5.75 Å². The molecule has 1 aromatic rings. The van der Waals surface area contributed by atoms with Crippen molar-refractivity contribution in [2.75, 3.05) is 39.6 Å². The summed E-state index contributed by atoms with van der Waals surface area (Å²) in [5, 5.41) is 9.62. The smallest absolute Gasteiger partial charge is 0.253 e. The molecule has 6 nitrogen and oxygen atoms in total. The average Bonchev–Trinajstić information content (AvgIpc) is 2.40. The Kier molecular flexibility index (Phi) is 6.27. The number of anilines is 1. The van der Waals surface area contributed by atoms with Crippen LogP contribution in [0.5, 0.6) is 5.75 Å². The molecule has 0 aliphatic rings. The Morgan fingerprint density at radius 3 is 2.75 bits per heavy atom. The van der Waals surface area contributed by atoms with Crippen LogP contribution in [0.3, 0.4) is 0 Å². The molecule has 0 saturated carbocycles. The molecule has 112 valence electrons. The number of aliphatic hydroxyl groups excluding tert-OH is 1. The third-order valence-corrected chi connectivity index (χ3v) is 2.75. The topological polar surface area (TPSA) is 85.0 Å². The monoisotopic (exact) mass is 282 g/mol. The molecular formula is C14H22N2O4. The molecule has 3 N–H and O–H groups in total. The molecule has 0 spiro atoms. The van der Waals surface area contributed by atoms with Crippen LogP contribution in [0.4, 0.5) is 5.69 Å². The second-order valence-electron chi connectivity index (χ2n) is 4.48. The lowest BCUT2D eigenvalue weighted by molar-refractivity contribution is 0.0380. The van der Waals surface area contributed by atoms with Crippen molar-refractivity contribution < 1.29 is 19.4 Å². The summed E-state index contributed by atoms with van der Waals surface area (Å²) >= 11 is 0. The number of carbonyl (C=O) groups excluding carboxylic acids is 1. The molecule has 0 heterocycles. The Balaban J connectivity index is 2.74. The first-order valence-corrected chi connectivity index (χ1v) is 6.44. The molecule has 0 aliphatic carbocycles. The summed E-state index contributed by atoms with van der Waals surface area (Å²) in [7, 11) is 3.12. The lowest BCUT2D eigenvalue weighted by Gasteiger charge is -2.21. The van der Waals surface area contributed by atoms with Crippen LogP contribution in [0.15, 0.2) is 18.2 Å². The fourth-order valence-electron chi connectivity index (χ4n) is 1.83. The zero-order chi connectivity index (χ0) is 15.1. The Hall–Kier alpha value is -1.79. The molecule has 0 radical (unpaired) electrons. The van der Waals surface area contributed by atoms with E-state index in [2.05, 4.69) is 0 Å². The highest BCUT2D eigenvalue weighted by Gasteiger charge is 2.16. The minimum Gasteiger partial charge on any atom is -0.492 e. The fourth-order valence-corrected chi connectivity index (χ4v) is 1.83. The highest BCUT2D eigenvalue weighted by Crippen LogP contribution is 2.23. The number of amides is 1. The number of ether oxygens (including phenoxy) is 2. The number of benzene rings is 1. The first kappa shape index (κ1) is 16.3. The van der Waals surface area contributed by atoms with E-state index in [0.29, 0.717) is 23.6 Å². The molecular weight excluding hydrogens is 260 g/mol. The Morgan fingerprint density at radius 2 is 2.20 bits per heavy atom. The lowest BCUT2D eigenvalue weighted by atomic mass is 10.1. The predicted octanol–water partition coefficient (Wildman–Crippen LogP) is 0.747. The van der Waals surface area contributed by atoms with Gasteiger partial charge in [-0.15, -0.1) is 0 Å². The van der Waals surface area contributed by atoms with Crippen molar-refractivity contribution in [1.82, 2.24) is 4.90 Å². The first-order chi connectivity index (χ1) is 9.49. The summed E-state index contributed by atoms with van der Waals surface area (Å²) in [6.45, 7) is 2.76. The second-order valence-corrected chi connectivity index (χ2v) is 4.48. The molecule has 0 saturated heterocycles. The summed E-state index contributed by atoms with van der Waals surface area (Å²) in [6.07, 6.45) is -0.714. The van der Waals surface area contributed by atoms with Crippen LogP contribution in [-0.2, 0) is 4.74 Å². The molecule has 20 heavy (non-hydrogen) atoms. The van der Waals surface area contributed by atoms with Crippen molar-refractivity contribution in [3.05, 3.63) is 23.8 Å². The number of aliphatic hydroxyl groups is 1. The van der Waals surface area contributed by atoms with Gasteiger partial charge in [0.2, 0.25) is 0 Å². The minimum atomic E-state index is -0.714. The van der Waals surface area contributed by atoms with Gasteiger partial charge in [0.15, 0.2) is 0 Å². The molecule has 1 atom stereocenters.